The minimum Gasteiger partial charge on any atom is -0.497 e. The fourth-order valence-electron chi connectivity index (χ4n) is 3.64. The summed E-state index contributed by atoms with van der Waals surface area (Å²) in [6.45, 7) is 4.73. The molecule has 10 nitrogen and oxygen atoms in total. The van der Waals surface area contributed by atoms with Crippen molar-refractivity contribution in [3.05, 3.63) is 42.1 Å². The molecule has 0 aliphatic rings. The molecule has 3 N–H and O–H groups in total. The quantitative estimate of drug-likeness (QED) is 0.321. The maximum Gasteiger partial charge on any atom is 0.225 e. The summed E-state index contributed by atoms with van der Waals surface area (Å²) in [7, 11) is -0.127. The molecule has 190 valence electrons. The fourth-order valence-corrected chi connectivity index (χ4v) is 4.22. The van der Waals surface area contributed by atoms with Crippen LogP contribution < -0.4 is 24.8 Å². The summed E-state index contributed by atoms with van der Waals surface area (Å²) in [5.41, 5.74) is 1.63. The SMILES string of the molecule is CCCCC(C)(CNS(C)(=O)=O)Nc1nc(NCc2ccc(OC)cc2OC)nc2cccnc12. The number of pyridine rings is 1. The molecular weight excluding hydrogens is 468 g/mol. The average molecular weight is 503 g/mol. The molecule has 0 amide bonds. The van der Waals surface area contributed by atoms with Crippen LogP contribution in [0, 0.1) is 0 Å². The molecule has 0 aliphatic heterocycles. The third-order valence-electron chi connectivity index (χ3n) is 5.61. The van der Waals surface area contributed by atoms with Gasteiger partial charge < -0.3 is 20.1 Å². The van der Waals surface area contributed by atoms with Gasteiger partial charge in [0.15, 0.2) is 5.82 Å². The van der Waals surface area contributed by atoms with Crippen molar-refractivity contribution in [3.8, 4) is 11.5 Å². The lowest BCUT2D eigenvalue weighted by Crippen LogP contribution is -2.46. The molecule has 0 bridgehead atoms. The third-order valence-corrected chi connectivity index (χ3v) is 6.28. The second-order valence-corrected chi connectivity index (χ2v) is 10.5. The van der Waals surface area contributed by atoms with Crippen molar-refractivity contribution < 1.29 is 17.9 Å². The second kappa shape index (κ2) is 11.5. The van der Waals surface area contributed by atoms with Crippen molar-refractivity contribution in [3.63, 3.8) is 0 Å². The highest BCUT2D eigenvalue weighted by Gasteiger charge is 2.27. The van der Waals surface area contributed by atoms with Crippen LogP contribution in [-0.2, 0) is 16.6 Å². The van der Waals surface area contributed by atoms with Crippen LogP contribution in [0.4, 0.5) is 11.8 Å². The normalized spacial score (nSPS) is 13.3. The Morgan fingerprint density at radius 2 is 1.91 bits per heavy atom. The summed E-state index contributed by atoms with van der Waals surface area (Å²) in [4.78, 5) is 13.8. The summed E-state index contributed by atoms with van der Waals surface area (Å²) in [5.74, 6) is 2.35. The summed E-state index contributed by atoms with van der Waals surface area (Å²) in [5, 5.41) is 6.73. The van der Waals surface area contributed by atoms with Crippen LogP contribution in [0.3, 0.4) is 0 Å². The van der Waals surface area contributed by atoms with Gasteiger partial charge >= 0.3 is 0 Å². The molecule has 0 fully saturated rings. The predicted molar refractivity (Wildman–Crippen MR) is 139 cm³/mol. The fraction of sp³-hybridized carbons (Fsp3) is 0.458. The van der Waals surface area contributed by atoms with E-state index >= 15 is 0 Å². The summed E-state index contributed by atoms with van der Waals surface area (Å²) in [6.07, 6.45) is 5.49. The molecule has 2 heterocycles. The van der Waals surface area contributed by atoms with E-state index in [1.807, 2.05) is 37.3 Å². The van der Waals surface area contributed by atoms with Gasteiger partial charge in [-0.3, -0.25) is 4.98 Å². The number of aromatic nitrogens is 3. The Bertz CT molecular complexity index is 1250. The van der Waals surface area contributed by atoms with Crippen molar-refractivity contribution in [1.82, 2.24) is 19.7 Å². The molecule has 3 aromatic rings. The highest BCUT2D eigenvalue weighted by atomic mass is 32.2. The van der Waals surface area contributed by atoms with Gasteiger partial charge in [0.05, 0.1) is 26.0 Å². The monoisotopic (exact) mass is 502 g/mol. The number of methoxy groups -OCH3 is 2. The zero-order chi connectivity index (χ0) is 25.5. The zero-order valence-electron chi connectivity index (χ0n) is 20.9. The molecule has 0 saturated carbocycles. The summed E-state index contributed by atoms with van der Waals surface area (Å²) >= 11 is 0. The lowest BCUT2D eigenvalue weighted by molar-refractivity contribution is 0.391. The first-order chi connectivity index (χ1) is 16.7. The molecule has 0 spiro atoms. The summed E-state index contributed by atoms with van der Waals surface area (Å²) < 4.78 is 36.9. The Morgan fingerprint density at radius 3 is 2.60 bits per heavy atom. The van der Waals surface area contributed by atoms with Crippen LogP contribution in [0.5, 0.6) is 11.5 Å². The van der Waals surface area contributed by atoms with E-state index in [1.165, 1.54) is 0 Å². The van der Waals surface area contributed by atoms with Crippen LogP contribution in [0.1, 0.15) is 38.7 Å². The number of nitrogens with one attached hydrogen (secondary N) is 3. The minimum absolute atomic E-state index is 0.218. The van der Waals surface area contributed by atoms with Crippen LogP contribution in [0.2, 0.25) is 0 Å². The van der Waals surface area contributed by atoms with E-state index in [4.69, 9.17) is 14.5 Å². The number of nitrogens with zero attached hydrogens (tertiary/aromatic N) is 3. The molecule has 1 unspecified atom stereocenters. The predicted octanol–water partition coefficient (Wildman–Crippen LogP) is 3.56. The van der Waals surface area contributed by atoms with Gasteiger partial charge in [0.1, 0.15) is 17.0 Å². The van der Waals surface area contributed by atoms with Gasteiger partial charge in [-0.2, -0.15) is 4.98 Å². The first-order valence-electron chi connectivity index (χ1n) is 11.5. The number of fused-ring (bicyclic) bond motifs is 1. The molecule has 2 aromatic heterocycles. The maximum absolute atomic E-state index is 11.8. The number of rotatable bonds is 13. The van der Waals surface area contributed by atoms with Crippen LogP contribution in [0.25, 0.3) is 11.0 Å². The van der Waals surface area contributed by atoms with E-state index < -0.39 is 15.6 Å². The molecule has 3 rings (SSSR count). The molecule has 0 aliphatic carbocycles. The Labute approximate surface area is 206 Å². The van der Waals surface area contributed by atoms with Crippen LogP contribution in [-0.4, -0.2) is 55.9 Å². The maximum atomic E-state index is 11.8. The summed E-state index contributed by atoms with van der Waals surface area (Å²) in [6, 6.07) is 9.29. The first-order valence-corrected chi connectivity index (χ1v) is 13.4. The van der Waals surface area contributed by atoms with Gasteiger partial charge in [0.25, 0.3) is 0 Å². The lowest BCUT2D eigenvalue weighted by Gasteiger charge is -2.32. The highest BCUT2D eigenvalue weighted by Crippen LogP contribution is 2.28. The molecule has 0 radical (unpaired) electrons. The van der Waals surface area contributed by atoms with Crippen LogP contribution >= 0.6 is 0 Å². The molecule has 35 heavy (non-hydrogen) atoms. The van der Waals surface area contributed by atoms with Crippen molar-refractivity contribution in [2.75, 3.05) is 37.7 Å². The third kappa shape index (κ3) is 7.40. The molecule has 0 saturated heterocycles. The Hall–Kier alpha value is -3.18. The second-order valence-electron chi connectivity index (χ2n) is 8.68. The number of benzene rings is 1. The molecule has 1 aromatic carbocycles. The average Bonchev–Trinajstić information content (AvgIpc) is 2.84. The lowest BCUT2D eigenvalue weighted by atomic mass is 9.95. The van der Waals surface area contributed by atoms with E-state index in [0.29, 0.717) is 40.8 Å². The van der Waals surface area contributed by atoms with Gasteiger partial charge in [0.2, 0.25) is 16.0 Å². The van der Waals surface area contributed by atoms with Gasteiger partial charge in [0, 0.05) is 36.5 Å². The smallest absolute Gasteiger partial charge is 0.225 e. The number of ether oxygens (including phenoxy) is 2. The number of sulfonamides is 1. The highest BCUT2D eigenvalue weighted by molar-refractivity contribution is 7.88. The minimum atomic E-state index is -3.35. The number of hydrogen-bond acceptors (Lipinski definition) is 9. The largest absolute Gasteiger partial charge is 0.497 e. The number of unbranched alkanes of at least 4 members (excludes halogenated alkanes) is 1. The van der Waals surface area contributed by atoms with Crippen molar-refractivity contribution in [1.29, 1.82) is 0 Å². The van der Waals surface area contributed by atoms with Crippen molar-refractivity contribution in [2.45, 2.75) is 45.2 Å². The van der Waals surface area contributed by atoms with E-state index in [9.17, 15) is 8.42 Å². The van der Waals surface area contributed by atoms with Gasteiger partial charge in [-0.1, -0.05) is 19.8 Å². The Balaban J connectivity index is 1.91. The Kier molecular flexibility index (Phi) is 8.68. The van der Waals surface area contributed by atoms with E-state index in [-0.39, 0.29) is 6.54 Å². The Morgan fingerprint density at radius 1 is 1.11 bits per heavy atom. The number of anilines is 2. The van der Waals surface area contributed by atoms with Gasteiger partial charge in [-0.15, -0.1) is 0 Å². The van der Waals surface area contributed by atoms with Crippen LogP contribution in [0.15, 0.2) is 36.5 Å². The topological polar surface area (TPSA) is 127 Å². The van der Waals surface area contributed by atoms with Crippen molar-refractivity contribution >= 4 is 32.8 Å². The number of hydrogen-bond donors (Lipinski definition) is 3. The zero-order valence-corrected chi connectivity index (χ0v) is 21.7. The van der Waals surface area contributed by atoms with E-state index in [0.717, 1.165) is 31.1 Å². The van der Waals surface area contributed by atoms with Crippen molar-refractivity contribution in [2.24, 2.45) is 0 Å². The van der Waals surface area contributed by atoms with Gasteiger partial charge in [-0.25, -0.2) is 18.1 Å². The van der Waals surface area contributed by atoms with Gasteiger partial charge in [-0.05, 0) is 37.6 Å². The van der Waals surface area contributed by atoms with E-state index in [1.54, 1.807) is 20.4 Å². The molecular formula is C24H34N6O4S. The standard InChI is InChI=1S/C24H34N6O4S/c1-6-7-12-24(2,16-27-35(5,31)32)30-22-21-19(9-8-13-25-21)28-23(29-22)26-15-17-10-11-18(33-3)14-20(17)34-4/h8-11,13-14,27H,6-7,12,15-16H2,1-5H3,(H2,26,28,29,30). The van der Waals surface area contributed by atoms with E-state index in [2.05, 4.69) is 32.2 Å². The molecule has 1 atom stereocenters. The first kappa shape index (κ1) is 26.4. The molecule has 11 heteroatoms.